The van der Waals surface area contributed by atoms with Crippen LogP contribution in [0.2, 0.25) is 0 Å². The van der Waals surface area contributed by atoms with E-state index in [1.54, 1.807) is 6.07 Å². The maximum atomic E-state index is 14.2. The summed E-state index contributed by atoms with van der Waals surface area (Å²) < 4.78 is 19.3. The molecule has 1 N–H and O–H groups in total. The van der Waals surface area contributed by atoms with Crippen molar-refractivity contribution in [3.63, 3.8) is 0 Å². The summed E-state index contributed by atoms with van der Waals surface area (Å²) in [4.78, 5) is 0. The molecule has 0 saturated heterocycles. The van der Waals surface area contributed by atoms with Crippen molar-refractivity contribution in [2.75, 3.05) is 13.7 Å². The van der Waals surface area contributed by atoms with Gasteiger partial charge in [0.15, 0.2) is 11.6 Å². The Bertz CT molecular complexity index is 431. The Morgan fingerprint density at radius 1 is 1.42 bits per heavy atom. The second-order valence-corrected chi connectivity index (χ2v) is 5.93. The van der Waals surface area contributed by atoms with Gasteiger partial charge in [-0.15, -0.1) is 0 Å². The van der Waals surface area contributed by atoms with Gasteiger partial charge in [-0.3, -0.25) is 0 Å². The average Bonchev–Trinajstić information content (AvgIpc) is 3.23. The quantitative estimate of drug-likeness (QED) is 0.814. The molecular formula is C16H24FNO. The Morgan fingerprint density at radius 2 is 2.16 bits per heavy atom. The van der Waals surface area contributed by atoms with E-state index in [0.29, 0.717) is 11.8 Å². The van der Waals surface area contributed by atoms with E-state index >= 15 is 0 Å². The third kappa shape index (κ3) is 3.69. The van der Waals surface area contributed by atoms with Gasteiger partial charge in [0.05, 0.1) is 7.11 Å². The zero-order chi connectivity index (χ0) is 13.9. The molecule has 0 amide bonds. The lowest BCUT2D eigenvalue weighted by Gasteiger charge is -2.29. The number of methoxy groups -OCH3 is 1. The topological polar surface area (TPSA) is 21.3 Å². The molecule has 1 aromatic carbocycles. The van der Waals surface area contributed by atoms with Crippen molar-refractivity contribution in [3.05, 3.63) is 29.6 Å². The number of benzene rings is 1. The van der Waals surface area contributed by atoms with Crippen molar-refractivity contribution in [1.29, 1.82) is 0 Å². The zero-order valence-corrected chi connectivity index (χ0v) is 12.1. The highest BCUT2D eigenvalue weighted by Gasteiger charge is 2.28. The van der Waals surface area contributed by atoms with Crippen molar-refractivity contribution in [2.24, 2.45) is 5.41 Å². The predicted molar refractivity (Wildman–Crippen MR) is 76.1 cm³/mol. The number of halogens is 1. The molecule has 3 heteroatoms. The van der Waals surface area contributed by atoms with Crippen LogP contribution >= 0.6 is 0 Å². The molecule has 19 heavy (non-hydrogen) atoms. The normalized spacial score (nSPS) is 18.1. The van der Waals surface area contributed by atoms with Gasteiger partial charge >= 0.3 is 0 Å². The lowest BCUT2D eigenvalue weighted by Crippen LogP contribution is -2.34. The van der Waals surface area contributed by atoms with E-state index in [4.69, 9.17) is 4.74 Å². The Labute approximate surface area is 115 Å². The van der Waals surface area contributed by atoms with Crippen LogP contribution in [-0.2, 0) is 6.42 Å². The summed E-state index contributed by atoms with van der Waals surface area (Å²) in [6, 6.07) is 6.09. The van der Waals surface area contributed by atoms with Crippen molar-refractivity contribution < 1.29 is 9.13 Å². The van der Waals surface area contributed by atoms with Crippen LogP contribution in [-0.4, -0.2) is 19.7 Å². The summed E-state index contributed by atoms with van der Waals surface area (Å²) >= 11 is 0. The van der Waals surface area contributed by atoms with Gasteiger partial charge in [-0.05, 0) is 42.7 Å². The molecule has 0 heterocycles. The van der Waals surface area contributed by atoms with E-state index in [1.165, 1.54) is 20.0 Å². The Hall–Kier alpha value is -1.09. The summed E-state index contributed by atoms with van der Waals surface area (Å²) in [5.41, 5.74) is 0.844. The van der Waals surface area contributed by atoms with Gasteiger partial charge in [0.2, 0.25) is 0 Å². The monoisotopic (exact) mass is 265 g/mol. The summed E-state index contributed by atoms with van der Waals surface area (Å²) in [6.07, 6.45) is 4.34. The van der Waals surface area contributed by atoms with Gasteiger partial charge in [-0.25, -0.2) is 4.39 Å². The third-order valence-electron chi connectivity index (χ3n) is 4.13. The lowest BCUT2D eigenvalue weighted by molar-refractivity contribution is 0.283. The molecule has 0 bridgehead atoms. The molecule has 0 radical (unpaired) electrons. The first kappa shape index (κ1) is 14.3. The molecule has 0 aliphatic heterocycles. The molecule has 1 atom stereocenters. The fourth-order valence-electron chi connectivity index (χ4n) is 2.30. The van der Waals surface area contributed by atoms with E-state index in [0.717, 1.165) is 24.9 Å². The molecule has 1 aromatic rings. The van der Waals surface area contributed by atoms with Crippen LogP contribution in [0.15, 0.2) is 18.2 Å². The van der Waals surface area contributed by atoms with Crippen LogP contribution in [0.25, 0.3) is 0 Å². The Kier molecular flexibility index (Phi) is 4.46. The van der Waals surface area contributed by atoms with Crippen molar-refractivity contribution in [3.8, 4) is 5.75 Å². The highest BCUT2D eigenvalue weighted by Crippen LogP contribution is 2.31. The highest BCUT2D eigenvalue weighted by atomic mass is 19.1. The largest absolute Gasteiger partial charge is 0.494 e. The SMILES string of the molecule is CCC(C)(CNC1CC1)Cc1cccc(OC)c1F. The minimum atomic E-state index is -0.212. The van der Waals surface area contributed by atoms with Gasteiger partial charge in [0.25, 0.3) is 0 Å². The first-order valence-corrected chi connectivity index (χ1v) is 7.13. The van der Waals surface area contributed by atoms with Gasteiger partial charge < -0.3 is 10.1 Å². The van der Waals surface area contributed by atoms with Crippen molar-refractivity contribution in [2.45, 2.75) is 45.6 Å². The second kappa shape index (κ2) is 5.91. The highest BCUT2D eigenvalue weighted by molar-refractivity contribution is 5.31. The molecule has 2 nitrogen and oxygen atoms in total. The predicted octanol–water partition coefficient (Wildman–Crippen LogP) is 3.55. The molecule has 1 aliphatic carbocycles. The third-order valence-corrected chi connectivity index (χ3v) is 4.13. The molecular weight excluding hydrogens is 241 g/mol. The lowest BCUT2D eigenvalue weighted by atomic mass is 9.81. The molecule has 1 saturated carbocycles. The van der Waals surface area contributed by atoms with Crippen LogP contribution in [0.5, 0.6) is 5.75 Å². The van der Waals surface area contributed by atoms with Crippen LogP contribution in [0.1, 0.15) is 38.7 Å². The summed E-state index contributed by atoms with van der Waals surface area (Å²) in [6.45, 7) is 5.35. The summed E-state index contributed by atoms with van der Waals surface area (Å²) in [5, 5.41) is 3.56. The van der Waals surface area contributed by atoms with E-state index < -0.39 is 0 Å². The molecule has 1 aliphatic rings. The van der Waals surface area contributed by atoms with E-state index in [9.17, 15) is 4.39 Å². The van der Waals surface area contributed by atoms with Gasteiger partial charge in [-0.2, -0.15) is 0 Å². The average molecular weight is 265 g/mol. The van der Waals surface area contributed by atoms with E-state index in [1.807, 2.05) is 12.1 Å². The van der Waals surface area contributed by atoms with E-state index in [-0.39, 0.29) is 11.2 Å². The molecule has 2 rings (SSSR count). The molecule has 0 spiro atoms. The molecule has 0 aromatic heterocycles. The standard InChI is InChI=1S/C16H24FNO/c1-4-16(2,11-18-13-8-9-13)10-12-6-5-7-14(19-3)15(12)17/h5-7,13,18H,4,8-11H2,1-3H3. The maximum Gasteiger partial charge on any atom is 0.168 e. The first-order chi connectivity index (χ1) is 9.08. The van der Waals surface area contributed by atoms with Crippen LogP contribution < -0.4 is 10.1 Å². The fraction of sp³-hybridized carbons (Fsp3) is 0.625. The Balaban J connectivity index is 2.07. The first-order valence-electron chi connectivity index (χ1n) is 7.13. The van der Waals surface area contributed by atoms with Gasteiger partial charge in [0, 0.05) is 12.6 Å². The van der Waals surface area contributed by atoms with Crippen LogP contribution in [0.4, 0.5) is 4.39 Å². The minimum Gasteiger partial charge on any atom is -0.494 e. The number of rotatable bonds is 7. The minimum absolute atomic E-state index is 0.0931. The molecule has 1 fully saturated rings. The smallest absolute Gasteiger partial charge is 0.168 e. The summed E-state index contributed by atoms with van der Waals surface area (Å²) in [5.74, 6) is 0.127. The van der Waals surface area contributed by atoms with E-state index in [2.05, 4.69) is 19.2 Å². The number of ether oxygens (including phenoxy) is 1. The van der Waals surface area contributed by atoms with Crippen molar-refractivity contribution in [1.82, 2.24) is 5.32 Å². The Morgan fingerprint density at radius 3 is 2.74 bits per heavy atom. The second-order valence-electron chi connectivity index (χ2n) is 5.93. The number of nitrogens with one attached hydrogen (secondary N) is 1. The number of hydrogen-bond donors (Lipinski definition) is 1. The fourth-order valence-corrected chi connectivity index (χ4v) is 2.30. The maximum absolute atomic E-state index is 14.2. The van der Waals surface area contributed by atoms with Crippen molar-refractivity contribution >= 4 is 0 Å². The van der Waals surface area contributed by atoms with Gasteiger partial charge in [-0.1, -0.05) is 26.0 Å². The van der Waals surface area contributed by atoms with Crippen LogP contribution in [0, 0.1) is 11.2 Å². The van der Waals surface area contributed by atoms with Gasteiger partial charge in [0.1, 0.15) is 0 Å². The van der Waals surface area contributed by atoms with Crippen LogP contribution in [0.3, 0.4) is 0 Å². The molecule has 106 valence electrons. The zero-order valence-electron chi connectivity index (χ0n) is 12.1. The number of hydrogen-bond acceptors (Lipinski definition) is 2. The summed E-state index contributed by atoms with van der Waals surface area (Å²) in [7, 11) is 1.51. The molecule has 1 unspecified atom stereocenters.